The van der Waals surface area contributed by atoms with Crippen LogP contribution in [-0.4, -0.2) is 43.0 Å². The number of benzene rings is 2. The Labute approximate surface area is 197 Å². The number of halogens is 2. The van der Waals surface area contributed by atoms with Crippen LogP contribution < -0.4 is 10.2 Å². The minimum Gasteiger partial charge on any atom is -0.369 e. The van der Waals surface area contributed by atoms with Crippen molar-refractivity contribution in [3.8, 4) is 0 Å². The third-order valence-electron chi connectivity index (χ3n) is 5.87. The highest BCUT2D eigenvalue weighted by Crippen LogP contribution is 2.30. The Morgan fingerprint density at radius 3 is 2.38 bits per heavy atom. The molecule has 168 valence electrons. The summed E-state index contributed by atoms with van der Waals surface area (Å²) >= 11 is 7.67. The molecule has 2 atom stereocenters. The molecule has 2 aromatic carbocycles. The molecule has 1 saturated heterocycles. The number of piperazine rings is 1. The number of hydrogen-bond donors (Lipinski definition) is 1. The van der Waals surface area contributed by atoms with E-state index in [1.807, 2.05) is 36.4 Å². The number of anilines is 1. The first-order valence-electron chi connectivity index (χ1n) is 10.8. The number of hydrogen-bond acceptors (Lipinski definition) is 4. The molecule has 32 heavy (non-hydrogen) atoms. The predicted molar refractivity (Wildman–Crippen MR) is 130 cm³/mol. The molecule has 2 unspecified atom stereocenters. The van der Waals surface area contributed by atoms with Gasteiger partial charge in [-0.25, -0.2) is 4.39 Å². The van der Waals surface area contributed by atoms with E-state index in [0.29, 0.717) is 11.4 Å². The maximum absolute atomic E-state index is 13.3. The smallest absolute Gasteiger partial charge is 0.224 e. The SMILES string of the molecule is CC(NC(=O)Cc1ccc(Cl)cc1)C(c1cccs1)N1CCN(c2ccc(F)cc2)CC1. The minimum atomic E-state index is -0.215. The van der Waals surface area contributed by atoms with Gasteiger partial charge in [0, 0.05) is 47.8 Å². The van der Waals surface area contributed by atoms with Crippen LogP contribution in [0.25, 0.3) is 0 Å². The lowest BCUT2D eigenvalue weighted by Gasteiger charge is -2.42. The van der Waals surface area contributed by atoms with Crippen LogP contribution in [0.2, 0.25) is 5.02 Å². The van der Waals surface area contributed by atoms with E-state index < -0.39 is 0 Å². The summed E-state index contributed by atoms with van der Waals surface area (Å²) in [6.07, 6.45) is 0.330. The van der Waals surface area contributed by atoms with Gasteiger partial charge in [0.15, 0.2) is 0 Å². The summed E-state index contributed by atoms with van der Waals surface area (Å²) in [6.45, 7) is 5.54. The maximum Gasteiger partial charge on any atom is 0.224 e. The van der Waals surface area contributed by atoms with Gasteiger partial charge in [0.25, 0.3) is 0 Å². The van der Waals surface area contributed by atoms with E-state index in [1.54, 1.807) is 11.3 Å². The number of rotatable bonds is 7. The first-order chi connectivity index (χ1) is 15.5. The molecule has 2 heterocycles. The Bertz CT molecular complexity index is 1000. The molecule has 1 aliphatic rings. The summed E-state index contributed by atoms with van der Waals surface area (Å²) in [5.74, 6) is -0.209. The number of amides is 1. The molecular formula is C25H27ClFN3OS. The van der Waals surface area contributed by atoms with Gasteiger partial charge in [0.05, 0.1) is 12.5 Å². The summed E-state index contributed by atoms with van der Waals surface area (Å²) in [5.41, 5.74) is 1.99. The van der Waals surface area contributed by atoms with Gasteiger partial charge in [-0.15, -0.1) is 11.3 Å². The summed E-state index contributed by atoms with van der Waals surface area (Å²) in [7, 11) is 0. The highest BCUT2D eigenvalue weighted by Gasteiger charge is 2.31. The average Bonchev–Trinajstić information content (AvgIpc) is 3.31. The minimum absolute atomic E-state index is 0.00586. The Morgan fingerprint density at radius 2 is 1.75 bits per heavy atom. The van der Waals surface area contributed by atoms with Crippen molar-refractivity contribution in [2.75, 3.05) is 31.1 Å². The Hall–Kier alpha value is -2.41. The highest BCUT2D eigenvalue weighted by molar-refractivity contribution is 7.10. The van der Waals surface area contributed by atoms with Gasteiger partial charge in [-0.2, -0.15) is 0 Å². The largest absolute Gasteiger partial charge is 0.369 e. The molecule has 1 aliphatic heterocycles. The standard InChI is InChI=1S/C25H27ClFN3OS/c1-18(28-24(31)17-19-4-6-20(26)7-5-19)25(23-3-2-16-32-23)30-14-12-29(13-15-30)22-10-8-21(27)9-11-22/h2-11,16,18,25H,12-15,17H2,1H3,(H,28,31). The molecule has 4 rings (SSSR count). The van der Waals surface area contributed by atoms with Gasteiger partial charge in [-0.1, -0.05) is 29.8 Å². The van der Waals surface area contributed by atoms with Crippen molar-refractivity contribution in [3.63, 3.8) is 0 Å². The first kappa shape index (κ1) is 22.8. The topological polar surface area (TPSA) is 35.6 Å². The molecule has 7 heteroatoms. The lowest BCUT2D eigenvalue weighted by atomic mass is 10.0. The number of carbonyl (C=O) groups excluding carboxylic acids is 1. The van der Waals surface area contributed by atoms with E-state index in [2.05, 4.69) is 39.6 Å². The summed E-state index contributed by atoms with van der Waals surface area (Å²) in [6, 6.07) is 18.4. The van der Waals surface area contributed by atoms with Crippen LogP contribution in [0.1, 0.15) is 23.4 Å². The maximum atomic E-state index is 13.3. The van der Waals surface area contributed by atoms with E-state index in [-0.39, 0.29) is 23.8 Å². The van der Waals surface area contributed by atoms with Crippen LogP contribution >= 0.6 is 22.9 Å². The quantitative estimate of drug-likeness (QED) is 0.517. The number of nitrogens with one attached hydrogen (secondary N) is 1. The molecule has 0 aliphatic carbocycles. The van der Waals surface area contributed by atoms with Gasteiger partial charge in [-0.05, 0) is 60.3 Å². The zero-order valence-electron chi connectivity index (χ0n) is 18.0. The third-order valence-corrected chi connectivity index (χ3v) is 7.07. The number of carbonyl (C=O) groups is 1. The van der Waals surface area contributed by atoms with E-state index >= 15 is 0 Å². The molecule has 1 aromatic heterocycles. The van der Waals surface area contributed by atoms with Crippen molar-refractivity contribution in [1.82, 2.24) is 10.2 Å². The van der Waals surface area contributed by atoms with E-state index in [4.69, 9.17) is 11.6 Å². The molecule has 4 nitrogen and oxygen atoms in total. The fourth-order valence-electron chi connectivity index (χ4n) is 4.28. The molecule has 1 N–H and O–H groups in total. The fraction of sp³-hybridized carbons (Fsp3) is 0.320. The molecule has 3 aromatic rings. The van der Waals surface area contributed by atoms with E-state index in [0.717, 1.165) is 37.4 Å². The Morgan fingerprint density at radius 1 is 1.06 bits per heavy atom. The Kier molecular flexibility index (Phi) is 7.45. The average molecular weight is 472 g/mol. The van der Waals surface area contributed by atoms with Crippen molar-refractivity contribution in [1.29, 1.82) is 0 Å². The molecule has 0 bridgehead atoms. The lowest BCUT2D eigenvalue weighted by molar-refractivity contribution is -0.121. The normalized spacial score (nSPS) is 16.5. The first-order valence-corrected chi connectivity index (χ1v) is 12.1. The zero-order chi connectivity index (χ0) is 22.5. The predicted octanol–water partition coefficient (Wildman–Crippen LogP) is 5.15. The van der Waals surface area contributed by atoms with Crippen LogP contribution in [-0.2, 0) is 11.2 Å². The molecule has 0 spiro atoms. The van der Waals surface area contributed by atoms with Crippen LogP contribution in [0.5, 0.6) is 0 Å². The summed E-state index contributed by atoms with van der Waals surface area (Å²) in [4.78, 5) is 18.7. The zero-order valence-corrected chi connectivity index (χ0v) is 19.6. The van der Waals surface area contributed by atoms with Crippen LogP contribution in [0.4, 0.5) is 10.1 Å². The summed E-state index contributed by atoms with van der Waals surface area (Å²) in [5, 5.41) is 5.97. The van der Waals surface area contributed by atoms with Crippen LogP contribution in [0.15, 0.2) is 66.0 Å². The van der Waals surface area contributed by atoms with Crippen LogP contribution in [0, 0.1) is 5.82 Å². The van der Waals surface area contributed by atoms with Gasteiger partial charge in [0.1, 0.15) is 5.82 Å². The molecule has 0 radical (unpaired) electrons. The lowest BCUT2D eigenvalue weighted by Crippen LogP contribution is -2.52. The second kappa shape index (κ2) is 10.5. The van der Waals surface area contributed by atoms with Crippen molar-refractivity contribution >= 4 is 34.5 Å². The van der Waals surface area contributed by atoms with Crippen molar-refractivity contribution in [2.24, 2.45) is 0 Å². The molecule has 0 saturated carbocycles. The highest BCUT2D eigenvalue weighted by atomic mass is 35.5. The molecule has 1 fully saturated rings. The van der Waals surface area contributed by atoms with Crippen LogP contribution in [0.3, 0.4) is 0 Å². The molecule has 1 amide bonds. The number of nitrogens with zero attached hydrogens (tertiary/aromatic N) is 2. The number of thiophene rings is 1. The second-order valence-electron chi connectivity index (χ2n) is 8.12. The molecular weight excluding hydrogens is 445 g/mol. The van der Waals surface area contributed by atoms with Gasteiger partial charge < -0.3 is 10.2 Å². The van der Waals surface area contributed by atoms with Gasteiger partial charge >= 0.3 is 0 Å². The van der Waals surface area contributed by atoms with E-state index in [9.17, 15) is 9.18 Å². The van der Waals surface area contributed by atoms with E-state index in [1.165, 1.54) is 17.0 Å². The third kappa shape index (κ3) is 5.68. The Balaban J connectivity index is 1.40. The van der Waals surface area contributed by atoms with Gasteiger partial charge in [-0.3, -0.25) is 9.69 Å². The monoisotopic (exact) mass is 471 g/mol. The van der Waals surface area contributed by atoms with Gasteiger partial charge in [0.2, 0.25) is 5.91 Å². The second-order valence-corrected chi connectivity index (χ2v) is 9.53. The van der Waals surface area contributed by atoms with Crippen molar-refractivity contribution in [2.45, 2.75) is 25.4 Å². The van der Waals surface area contributed by atoms with Crippen molar-refractivity contribution < 1.29 is 9.18 Å². The van der Waals surface area contributed by atoms with Crippen molar-refractivity contribution in [3.05, 3.63) is 87.3 Å². The summed E-state index contributed by atoms with van der Waals surface area (Å²) < 4.78 is 13.3. The fourth-order valence-corrected chi connectivity index (χ4v) is 5.37.